The molecule has 7 heteroatoms. The average Bonchev–Trinajstić information content (AvgIpc) is 2.42. The van der Waals surface area contributed by atoms with Crippen molar-refractivity contribution in [2.24, 2.45) is 0 Å². The largest absolute Gasteiger partial charge is 0.377 e. The van der Waals surface area contributed by atoms with Gasteiger partial charge in [0.15, 0.2) is 0 Å². The minimum Gasteiger partial charge on any atom is -0.377 e. The Labute approximate surface area is 124 Å². The molecule has 1 aromatic carbocycles. The van der Waals surface area contributed by atoms with Crippen molar-refractivity contribution in [2.75, 3.05) is 46.2 Å². The van der Waals surface area contributed by atoms with Crippen molar-refractivity contribution in [3.8, 4) is 0 Å². The van der Waals surface area contributed by atoms with Gasteiger partial charge in [-0.1, -0.05) is 0 Å². The molecule has 21 heavy (non-hydrogen) atoms. The van der Waals surface area contributed by atoms with Crippen LogP contribution in [0.25, 0.3) is 0 Å². The highest BCUT2D eigenvalue weighted by Crippen LogP contribution is 2.24. The lowest BCUT2D eigenvalue weighted by Crippen LogP contribution is -2.28. The highest BCUT2D eigenvalue weighted by Gasteiger charge is 2.17. The number of amides is 1. The lowest BCUT2D eigenvalue weighted by Gasteiger charge is -2.17. The molecule has 0 aliphatic heterocycles. The molecule has 7 nitrogen and oxygen atoms in total. The predicted octanol–water partition coefficient (Wildman–Crippen LogP) is 1.34. The summed E-state index contributed by atoms with van der Waals surface area (Å²) in [5, 5.41) is 13.6. The topological polar surface area (TPSA) is 78.7 Å². The van der Waals surface area contributed by atoms with Crippen LogP contribution >= 0.6 is 0 Å². The van der Waals surface area contributed by atoms with Crippen LogP contribution < -0.4 is 10.2 Å². The summed E-state index contributed by atoms with van der Waals surface area (Å²) in [6, 6.07) is 4.31. The van der Waals surface area contributed by atoms with Gasteiger partial charge in [0.2, 0.25) is 0 Å². The van der Waals surface area contributed by atoms with Crippen LogP contribution in [-0.2, 0) is 0 Å². The van der Waals surface area contributed by atoms with E-state index in [2.05, 4.69) is 5.32 Å². The van der Waals surface area contributed by atoms with Crippen molar-refractivity contribution < 1.29 is 9.72 Å². The lowest BCUT2D eigenvalue weighted by atomic mass is 10.1. The first-order valence-corrected chi connectivity index (χ1v) is 6.71. The zero-order valence-corrected chi connectivity index (χ0v) is 12.9. The lowest BCUT2D eigenvalue weighted by molar-refractivity contribution is -0.384. The van der Waals surface area contributed by atoms with Gasteiger partial charge < -0.3 is 15.1 Å². The molecule has 0 bridgehead atoms. The van der Waals surface area contributed by atoms with Crippen molar-refractivity contribution in [3.63, 3.8) is 0 Å². The number of nitrogens with one attached hydrogen (secondary N) is 1. The van der Waals surface area contributed by atoms with Gasteiger partial charge in [-0.2, -0.15) is 0 Å². The van der Waals surface area contributed by atoms with Gasteiger partial charge in [-0.15, -0.1) is 0 Å². The number of carbonyl (C=O) groups is 1. The van der Waals surface area contributed by atoms with Crippen LogP contribution in [0, 0.1) is 10.1 Å². The van der Waals surface area contributed by atoms with E-state index in [1.807, 2.05) is 19.0 Å². The molecule has 0 heterocycles. The molecule has 0 radical (unpaired) electrons. The van der Waals surface area contributed by atoms with E-state index in [4.69, 9.17) is 0 Å². The van der Waals surface area contributed by atoms with E-state index in [1.54, 1.807) is 25.1 Å². The molecular formula is C14H22N4O3. The van der Waals surface area contributed by atoms with Crippen LogP contribution in [-0.4, -0.2) is 57.0 Å². The van der Waals surface area contributed by atoms with Gasteiger partial charge in [-0.3, -0.25) is 14.9 Å². The standard InChI is InChI=1S/C14H22N4O3/c1-16(2)9-5-8-15-14(19)12-10-11(18(20)21)6-7-13(12)17(3)4/h6-7,10H,5,8-9H2,1-4H3,(H,15,19). The predicted molar refractivity (Wildman–Crippen MR) is 82.9 cm³/mol. The van der Waals surface area contributed by atoms with E-state index < -0.39 is 4.92 Å². The zero-order chi connectivity index (χ0) is 16.0. The number of hydrogen-bond donors (Lipinski definition) is 1. The van der Waals surface area contributed by atoms with Gasteiger partial charge in [0.1, 0.15) is 0 Å². The molecule has 0 spiro atoms. The number of nitro groups is 1. The molecule has 0 atom stereocenters. The minimum atomic E-state index is -0.498. The molecule has 0 saturated heterocycles. The molecule has 0 saturated carbocycles. The fourth-order valence-electron chi connectivity index (χ4n) is 1.90. The summed E-state index contributed by atoms with van der Waals surface area (Å²) in [4.78, 5) is 26.4. The fraction of sp³-hybridized carbons (Fsp3) is 0.500. The van der Waals surface area contributed by atoms with Crippen LogP contribution in [0.1, 0.15) is 16.8 Å². The van der Waals surface area contributed by atoms with E-state index in [0.29, 0.717) is 17.8 Å². The number of nitrogens with zero attached hydrogens (tertiary/aromatic N) is 3. The third-order valence-corrected chi connectivity index (χ3v) is 2.99. The number of nitro benzene ring substituents is 1. The van der Waals surface area contributed by atoms with E-state index in [0.717, 1.165) is 13.0 Å². The third kappa shape index (κ3) is 5.03. The molecule has 1 aromatic rings. The maximum Gasteiger partial charge on any atom is 0.270 e. The maximum atomic E-state index is 12.2. The van der Waals surface area contributed by atoms with Gasteiger partial charge in [0, 0.05) is 38.5 Å². The second-order valence-corrected chi connectivity index (χ2v) is 5.27. The Morgan fingerprint density at radius 3 is 2.48 bits per heavy atom. The summed E-state index contributed by atoms with van der Waals surface area (Å²) < 4.78 is 0. The minimum absolute atomic E-state index is 0.0842. The van der Waals surface area contributed by atoms with E-state index in [1.165, 1.54) is 12.1 Å². The first kappa shape index (κ1) is 16.9. The van der Waals surface area contributed by atoms with E-state index >= 15 is 0 Å². The fourth-order valence-corrected chi connectivity index (χ4v) is 1.90. The zero-order valence-electron chi connectivity index (χ0n) is 12.9. The summed E-state index contributed by atoms with van der Waals surface area (Å²) >= 11 is 0. The summed E-state index contributed by atoms with van der Waals surface area (Å²) in [6.07, 6.45) is 0.824. The normalized spacial score (nSPS) is 10.5. The van der Waals surface area contributed by atoms with Crippen LogP contribution in [0.4, 0.5) is 11.4 Å². The van der Waals surface area contributed by atoms with Gasteiger partial charge >= 0.3 is 0 Å². The van der Waals surface area contributed by atoms with Crippen molar-refractivity contribution in [1.29, 1.82) is 0 Å². The molecular weight excluding hydrogens is 272 g/mol. The van der Waals surface area contributed by atoms with E-state index in [-0.39, 0.29) is 11.6 Å². The van der Waals surface area contributed by atoms with Gasteiger partial charge in [-0.05, 0) is 33.1 Å². The smallest absolute Gasteiger partial charge is 0.270 e. The summed E-state index contributed by atoms with van der Waals surface area (Å²) in [5.41, 5.74) is 0.892. The Morgan fingerprint density at radius 2 is 1.95 bits per heavy atom. The molecule has 0 unspecified atom stereocenters. The Bertz CT molecular complexity index is 515. The Morgan fingerprint density at radius 1 is 1.29 bits per heavy atom. The average molecular weight is 294 g/mol. The van der Waals surface area contributed by atoms with Crippen LogP contribution in [0.2, 0.25) is 0 Å². The van der Waals surface area contributed by atoms with Gasteiger partial charge in [0.05, 0.1) is 10.5 Å². The molecule has 1 amide bonds. The number of benzene rings is 1. The maximum absolute atomic E-state index is 12.2. The van der Waals surface area contributed by atoms with Crippen LogP contribution in [0.3, 0.4) is 0 Å². The second-order valence-electron chi connectivity index (χ2n) is 5.27. The second kappa shape index (κ2) is 7.58. The third-order valence-electron chi connectivity index (χ3n) is 2.99. The highest BCUT2D eigenvalue weighted by molar-refractivity contribution is 6.00. The number of anilines is 1. The molecule has 116 valence electrons. The first-order chi connectivity index (χ1) is 9.82. The number of hydrogen-bond acceptors (Lipinski definition) is 5. The summed E-state index contributed by atoms with van der Waals surface area (Å²) in [7, 11) is 7.52. The number of non-ortho nitro benzene ring substituents is 1. The van der Waals surface area contributed by atoms with Crippen LogP contribution in [0.5, 0.6) is 0 Å². The molecule has 0 fully saturated rings. The first-order valence-electron chi connectivity index (χ1n) is 6.71. The van der Waals surface area contributed by atoms with Crippen molar-refractivity contribution in [1.82, 2.24) is 10.2 Å². The Hall–Kier alpha value is -2.15. The van der Waals surface area contributed by atoms with Crippen molar-refractivity contribution in [3.05, 3.63) is 33.9 Å². The molecule has 1 rings (SSSR count). The van der Waals surface area contributed by atoms with Gasteiger partial charge in [0.25, 0.3) is 11.6 Å². The molecule has 0 aromatic heterocycles. The SMILES string of the molecule is CN(C)CCCNC(=O)c1cc([N+](=O)[O-])ccc1N(C)C. The van der Waals surface area contributed by atoms with E-state index in [9.17, 15) is 14.9 Å². The van der Waals surface area contributed by atoms with Crippen LogP contribution in [0.15, 0.2) is 18.2 Å². The summed E-state index contributed by atoms with van der Waals surface area (Å²) in [6.45, 7) is 1.41. The summed E-state index contributed by atoms with van der Waals surface area (Å²) in [5.74, 6) is -0.291. The molecule has 1 N–H and O–H groups in total. The molecule has 0 aliphatic rings. The molecule has 0 aliphatic carbocycles. The van der Waals surface area contributed by atoms with Crippen molar-refractivity contribution in [2.45, 2.75) is 6.42 Å². The Balaban J connectivity index is 2.85. The number of rotatable bonds is 7. The quantitative estimate of drug-likeness (QED) is 0.466. The monoisotopic (exact) mass is 294 g/mol. The highest BCUT2D eigenvalue weighted by atomic mass is 16.6. The van der Waals surface area contributed by atoms with Gasteiger partial charge in [-0.25, -0.2) is 0 Å². The Kier molecular flexibility index (Phi) is 6.10. The van der Waals surface area contributed by atoms with Crippen molar-refractivity contribution >= 4 is 17.3 Å². The number of carbonyl (C=O) groups excluding carboxylic acids is 1.